The minimum absolute atomic E-state index is 0.274. The fourth-order valence-electron chi connectivity index (χ4n) is 2.88. The highest BCUT2D eigenvalue weighted by Crippen LogP contribution is 2.30. The van der Waals surface area contributed by atoms with Crippen LogP contribution >= 0.6 is 11.3 Å². The summed E-state index contributed by atoms with van der Waals surface area (Å²) in [5.74, 6) is 0.503. The second kappa shape index (κ2) is 6.67. The molecule has 9 heteroatoms. The molecule has 0 aliphatic carbocycles. The number of aromatic nitrogens is 4. The first-order valence-electron chi connectivity index (χ1n) is 8.02. The van der Waals surface area contributed by atoms with Crippen LogP contribution in [0.5, 0.6) is 0 Å². The average molecular weight is 365 g/mol. The summed E-state index contributed by atoms with van der Waals surface area (Å²) in [7, 11) is 0. The lowest BCUT2D eigenvalue weighted by molar-refractivity contribution is 0.198. The second-order valence-electron chi connectivity index (χ2n) is 5.90. The predicted octanol–water partition coefficient (Wildman–Crippen LogP) is 1.69. The summed E-state index contributed by atoms with van der Waals surface area (Å²) >= 11 is 1.45. The van der Waals surface area contributed by atoms with Gasteiger partial charge in [0.2, 0.25) is 5.95 Å². The number of β-amino-alcohol motifs (C(OH)–C–C–N with tert-alkyl or cyclic N) is 1. The van der Waals surface area contributed by atoms with Crippen LogP contribution in [-0.2, 0) is 0 Å². The number of hydrogen-bond donors (Lipinski definition) is 2. The van der Waals surface area contributed by atoms with Crippen LogP contribution in [0.15, 0.2) is 29.9 Å². The Labute approximate surface area is 153 Å². The van der Waals surface area contributed by atoms with Gasteiger partial charge in [-0.1, -0.05) is 0 Å². The first kappa shape index (κ1) is 16.4. The summed E-state index contributed by atoms with van der Waals surface area (Å²) in [4.78, 5) is 19.6. The first-order chi connectivity index (χ1) is 12.7. The molecule has 130 valence electrons. The zero-order valence-electron chi connectivity index (χ0n) is 13.7. The zero-order chi connectivity index (χ0) is 18.1. The first-order valence-corrected chi connectivity index (χ1v) is 8.90. The molecule has 3 aromatic heterocycles. The molecular weight excluding hydrogens is 350 g/mol. The molecule has 0 radical (unpaired) electrons. The van der Waals surface area contributed by atoms with Gasteiger partial charge < -0.3 is 15.7 Å². The van der Waals surface area contributed by atoms with Crippen LogP contribution in [0.25, 0.3) is 22.1 Å². The molecule has 1 atom stereocenters. The lowest BCUT2D eigenvalue weighted by atomic mass is 10.1. The Morgan fingerprint density at radius 3 is 2.85 bits per heavy atom. The molecule has 3 aromatic rings. The Morgan fingerprint density at radius 1 is 1.27 bits per heavy atom. The van der Waals surface area contributed by atoms with E-state index >= 15 is 0 Å². The van der Waals surface area contributed by atoms with Gasteiger partial charge in [0.05, 0.1) is 17.5 Å². The molecule has 8 nitrogen and oxygen atoms in total. The van der Waals surface area contributed by atoms with Gasteiger partial charge in [-0.15, -0.1) is 11.3 Å². The van der Waals surface area contributed by atoms with Crippen molar-refractivity contribution in [3.05, 3.63) is 35.5 Å². The lowest BCUT2D eigenvalue weighted by Gasteiger charge is -2.16. The van der Waals surface area contributed by atoms with Gasteiger partial charge >= 0.3 is 0 Å². The van der Waals surface area contributed by atoms with E-state index < -0.39 is 0 Å². The number of hydrogen-bond acceptors (Lipinski definition) is 9. The highest BCUT2D eigenvalue weighted by atomic mass is 32.1. The van der Waals surface area contributed by atoms with E-state index in [9.17, 15) is 10.4 Å². The fourth-order valence-corrected chi connectivity index (χ4v) is 3.48. The molecule has 0 bridgehead atoms. The zero-order valence-corrected chi connectivity index (χ0v) is 14.5. The Balaban J connectivity index is 1.81. The number of nitriles is 1. The number of aliphatic hydroxyl groups excluding tert-OH is 1. The molecule has 1 fully saturated rings. The van der Waals surface area contributed by atoms with Gasteiger partial charge in [-0.2, -0.15) is 5.26 Å². The number of nitrogens with zero attached hydrogens (tertiary/aromatic N) is 6. The summed E-state index contributed by atoms with van der Waals surface area (Å²) in [5, 5.41) is 21.8. The summed E-state index contributed by atoms with van der Waals surface area (Å²) in [6.45, 7) is 1.17. The van der Waals surface area contributed by atoms with Crippen molar-refractivity contribution in [2.75, 3.05) is 23.7 Å². The van der Waals surface area contributed by atoms with E-state index in [0.717, 1.165) is 5.01 Å². The smallest absolute Gasteiger partial charge is 0.225 e. The van der Waals surface area contributed by atoms with Crippen molar-refractivity contribution in [1.29, 1.82) is 5.26 Å². The minimum Gasteiger partial charge on any atom is -0.398 e. The topological polar surface area (TPSA) is 125 Å². The average Bonchev–Trinajstić information content (AvgIpc) is 3.33. The van der Waals surface area contributed by atoms with Crippen LogP contribution < -0.4 is 10.6 Å². The van der Waals surface area contributed by atoms with Crippen molar-refractivity contribution in [2.45, 2.75) is 12.5 Å². The fraction of sp³-hybridized carbons (Fsp3) is 0.235. The maximum Gasteiger partial charge on any atom is 0.225 e. The maximum atomic E-state index is 9.73. The molecule has 0 unspecified atom stereocenters. The number of pyridine rings is 1. The standard InChI is InChI=1S/C17H15N7OS/c18-8-11-12(19)7-14(16-20-4-6-26-16)22-15(11)13-1-3-21-17(23-13)24-5-2-10(25)9-24/h1,3-4,6-7,10,25H,2,5,9H2,(H2,19,22)/t10-/m1/s1. The van der Waals surface area contributed by atoms with Gasteiger partial charge in [0.25, 0.3) is 0 Å². The van der Waals surface area contributed by atoms with Gasteiger partial charge in [-0.25, -0.2) is 19.9 Å². The Morgan fingerprint density at radius 2 is 2.15 bits per heavy atom. The monoisotopic (exact) mass is 365 g/mol. The number of anilines is 2. The summed E-state index contributed by atoms with van der Waals surface area (Å²) in [6, 6.07) is 5.46. The summed E-state index contributed by atoms with van der Waals surface area (Å²) < 4.78 is 0. The van der Waals surface area contributed by atoms with Crippen LogP contribution in [0.2, 0.25) is 0 Å². The summed E-state index contributed by atoms with van der Waals surface area (Å²) in [5.41, 5.74) is 8.21. The van der Waals surface area contributed by atoms with E-state index in [1.807, 2.05) is 10.3 Å². The molecule has 0 spiro atoms. The lowest BCUT2D eigenvalue weighted by Crippen LogP contribution is -2.23. The molecule has 1 saturated heterocycles. The van der Waals surface area contributed by atoms with Gasteiger partial charge in [0, 0.05) is 30.9 Å². The predicted molar refractivity (Wildman–Crippen MR) is 98.3 cm³/mol. The third-order valence-electron chi connectivity index (χ3n) is 4.14. The van der Waals surface area contributed by atoms with E-state index in [0.29, 0.717) is 48.2 Å². The van der Waals surface area contributed by atoms with Crippen molar-refractivity contribution >= 4 is 23.0 Å². The normalized spacial score (nSPS) is 16.6. The highest BCUT2D eigenvalue weighted by molar-refractivity contribution is 7.13. The molecule has 26 heavy (non-hydrogen) atoms. The molecule has 4 rings (SSSR count). The second-order valence-corrected chi connectivity index (χ2v) is 6.79. The summed E-state index contributed by atoms with van der Waals surface area (Å²) in [6.07, 6.45) is 3.62. The Kier molecular flexibility index (Phi) is 4.20. The van der Waals surface area contributed by atoms with E-state index in [2.05, 4.69) is 26.0 Å². The number of aliphatic hydroxyl groups is 1. The van der Waals surface area contributed by atoms with Crippen LogP contribution in [0.4, 0.5) is 11.6 Å². The molecule has 0 aromatic carbocycles. The molecule has 0 saturated carbocycles. The van der Waals surface area contributed by atoms with Crippen molar-refractivity contribution in [1.82, 2.24) is 19.9 Å². The van der Waals surface area contributed by atoms with Crippen LogP contribution in [0.3, 0.4) is 0 Å². The van der Waals surface area contributed by atoms with Gasteiger partial charge in [-0.3, -0.25) is 0 Å². The van der Waals surface area contributed by atoms with E-state index in [1.165, 1.54) is 11.3 Å². The number of nitrogen functional groups attached to an aromatic ring is 1. The molecule has 1 aliphatic rings. The van der Waals surface area contributed by atoms with E-state index in [4.69, 9.17) is 5.73 Å². The van der Waals surface area contributed by atoms with Gasteiger partial charge in [0.1, 0.15) is 28.0 Å². The van der Waals surface area contributed by atoms with Crippen molar-refractivity contribution in [3.63, 3.8) is 0 Å². The quantitative estimate of drug-likeness (QED) is 0.718. The van der Waals surface area contributed by atoms with Gasteiger partial charge in [0.15, 0.2) is 0 Å². The molecule has 0 amide bonds. The number of nitrogens with two attached hydrogens (primary N) is 1. The largest absolute Gasteiger partial charge is 0.398 e. The molecule has 3 N–H and O–H groups in total. The molecule has 1 aliphatic heterocycles. The van der Waals surface area contributed by atoms with Crippen molar-refractivity contribution in [3.8, 4) is 28.2 Å². The maximum absolute atomic E-state index is 9.73. The third-order valence-corrected chi connectivity index (χ3v) is 4.94. The Bertz CT molecular complexity index is 983. The van der Waals surface area contributed by atoms with Crippen LogP contribution in [0.1, 0.15) is 12.0 Å². The SMILES string of the molecule is N#Cc1c(N)cc(-c2nccs2)nc1-c1ccnc(N2CC[C@@H](O)C2)n1. The van der Waals surface area contributed by atoms with E-state index in [-0.39, 0.29) is 11.7 Å². The van der Waals surface area contributed by atoms with Crippen LogP contribution in [0, 0.1) is 11.3 Å². The minimum atomic E-state index is -0.376. The molecular formula is C17H15N7OS. The Hall–Kier alpha value is -3.09. The van der Waals surface area contributed by atoms with Crippen LogP contribution in [-0.4, -0.2) is 44.2 Å². The highest BCUT2D eigenvalue weighted by Gasteiger charge is 2.23. The van der Waals surface area contributed by atoms with Crippen molar-refractivity contribution in [2.24, 2.45) is 0 Å². The van der Waals surface area contributed by atoms with E-state index in [1.54, 1.807) is 24.5 Å². The number of rotatable bonds is 3. The van der Waals surface area contributed by atoms with Gasteiger partial charge in [-0.05, 0) is 18.6 Å². The van der Waals surface area contributed by atoms with Crippen molar-refractivity contribution < 1.29 is 5.11 Å². The number of thiazole rings is 1. The molecule has 4 heterocycles. The third kappa shape index (κ3) is 2.96.